The van der Waals surface area contributed by atoms with Gasteiger partial charge in [-0.15, -0.1) is 0 Å². The minimum absolute atomic E-state index is 0.0564. The Morgan fingerprint density at radius 2 is 1.87 bits per heavy atom. The average Bonchev–Trinajstić information content (AvgIpc) is 3.19. The van der Waals surface area contributed by atoms with Crippen molar-refractivity contribution in [3.8, 4) is 5.69 Å². The summed E-state index contributed by atoms with van der Waals surface area (Å²) in [6.45, 7) is 0. The van der Waals surface area contributed by atoms with E-state index in [2.05, 4.69) is 10.4 Å². The Labute approximate surface area is 174 Å². The third-order valence-corrected chi connectivity index (χ3v) is 7.30. The Morgan fingerprint density at radius 3 is 2.53 bits per heavy atom. The molecule has 1 aliphatic carbocycles. The molecule has 9 nitrogen and oxygen atoms in total. The zero-order valence-electron chi connectivity index (χ0n) is 16.5. The van der Waals surface area contributed by atoms with Crippen LogP contribution in [0.25, 0.3) is 5.69 Å². The second kappa shape index (κ2) is 8.17. The van der Waals surface area contributed by atoms with Crippen LogP contribution in [0.15, 0.2) is 24.3 Å². The van der Waals surface area contributed by atoms with E-state index in [1.807, 2.05) is 0 Å². The van der Waals surface area contributed by atoms with Gasteiger partial charge in [0.15, 0.2) is 9.84 Å². The lowest BCUT2D eigenvalue weighted by Gasteiger charge is -2.21. The Balaban J connectivity index is 1.57. The topological polar surface area (TPSA) is 124 Å². The smallest absolute Gasteiger partial charge is 0.269 e. The van der Waals surface area contributed by atoms with Crippen LogP contribution < -0.4 is 5.32 Å². The van der Waals surface area contributed by atoms with Gasteiger partial charge < -0.3 is 5.32 Å². The van der Waals surface area contributed by atoms with Crippen LogP contribution in [-0.2, 0) is 26.1 Å². The number of hydrogen-bond acceptors (Lipinski definition) is 6. The average molecular weight is 433 g/mol. The summed E-state index contributed by atoms with van der Waals surface area (Å²) in [5.74, 6) is 0.389. The Kier molecular flexibility index (Phi) is 5.59. The molecule has 2 aliphatic rings. The molecule has 1 saturated carbocycles. The number of benzene rings is 1. The van der Waals surface area contributed by atoms with Crippen LogP contribution in [-0.4, -0.2) is 29.0 Å². The number of non-ortho nitro benzene ring substituents is 1. The molecule has 1 N–H and O–H groups in total. The fraction of sp³-hybridized carbons (Fsp3) is 0.500. The maximum Gasteiger partial charge on any atom is 0.269 e. The Morgan fingerprint density at radius 1 is 1.17 bits per heavy atom. The molecule has 0 atom stereocenters. The zero-order valence-corrected chi connectivity index (χ0v) is 17.4. The number of nitrogens with one attached hydrogen (secondary N) is 1. The molecule has 1 amide bonds. The summed E-state index contributed by atoms with van der Waals surface area (Å²) >= 11 is 0. The highest BCUT2D eigenvalue weighted by atomic mass is 32.2. The maximum absolute atomic E-state index is 12.7. The number of aromatic nitrogens is 2. The molecule has 2 aromatic rings. The molecule has 160 valence electrons. The number of carbonyl (C=O) groups excluding carboxylic acids is 1. The molecular weight excluding hydrogens is 408 g/mol. The second-order valence-electron chi connectivity index (χ2n) is 8.08. The van der Waals surface area contributed by atoms with Crippen molar-refractivity contribution in [2.45, 2.75) is 56.5 Å². The standard InChI is InChI=1S/C20H24N4O5S/c25-19(11-6-14-4-2-1-3-5-14)21-20-17-12-30(28,29)13-18(17)22-23(20)15-7-9-16(10-8-15)24(26)27/h7-10,14H,1-6,11-13H2,(H,21,25). The van der Waals surface area contributed by atoms with Gasteiger partial charge in [0, 0.05) is 24.1 Å². The number of rotatable bonds is 6. The lowest BCUT2D eigenvalue weighted by Crippen LogP contribution is -2.18. The molecule has 0 bridgehead atoms. The minimum Gasteiger partial charge on any atom is -0.310 e. The first-order valence-electron chi connectivity index (χ1n) is 10.2. The Bertz CT molecular complexity index is 1070. The van der Waals surface area contributed by atoms with Gasteiger partial charge in [0.2, 0.25) is 5.91 Å². The summed E-state index contributed by atoms with van der Waals surface area (Å²) in [6.07, 6.45) is 7.19. The first kappa shape index (κ1) is 20.5. The van der Waals surface area contributed by atoms with Crippen LogP contribution in [0, 0.1) is 16.0 Å². The maximum atomic E-state index is 12.7. The SMILES string of the molecule is O=C(CCC1CCCCC1)Nc1c2c(nn1-c1ccc([N+](=O)[O-])cc1)CS(=O)(=O)C2. The van der Waals surface area contributed by atoms with Gasteiger partial charge in [-0.2, -0.15) is 5.10 Å². The van der Waals surface area contributed by atoms with Crippen LogP contribution in [0.1, 0.15) is 56.2 Å². The molecule has 1 aliphatic heterocycles. The number of nitro groups is 1. The molecule has 1 aromatic carbocycles. The molecule has 0 radical (unpaired) electrons. The monoisotopic (exact) mass is 432 g/mol. The van der Waals surface area contributed by atoms with E-state index in [-0.39, 0.29) is 23.1 Å². The van der Waals surface area contributed by atoms with Crippen LogP contribution in [0.3, 0.4) is 0 Å². The summed E-state index contributed by atoms with van der Waals surface area (Å²) < 4.78 is 25.6. The van der Waals surface area contributed by atoms with Crippen molar-refractivity contribution in [1.82, 2.24) is 9.78 Å². The van der Waals surface area contributed by atoms with Crippen LogP contribution in [0.5, 0.6) is 0 Å². The molecule has 1 fully saturated rings. The van der Waals surface area contributed by atoms with Gasteiger partial charge >= 0.3 is 0 Å². The van der Waals surface area contributed by atoms with E-state index < -0.39 is 14.8 Å². The van der Waals surface area contributed by atoms with Gasteiger partial charge in [0.1, 0.15) is 5.82 Å². The van der Waals surface area contributed by atoms with Crippen LogP contribution in [0.4, 0.5) is 11.5 Å². The lowest BCUT2D eigenvalue weighted by molar-refractivity contribution is -0.384. The molecule has 30 heavy (non-hydrogen) atoms. The van der Waals surface area contributed by atoms with Gasteiger partial charge in [0.05, 0.1) is 27.8 Å². The lowest BCUT2D eigenvalue weighted by atomic mass is 9.86. The molecule has 10 heteroatoms. The van der Waals surface area contributed by atoms with E-state index in [1.165, 1.54) is 48.2 Å². The quantitative estimate of drug-likeness (QED) is 0.550. The molecular formula is C20H24N4O5S. The summed E-state index contributed by atoms with van der Waals surface area (Å²) in [5, 5.41) is 18.2. The molecule has 0 saturated heterocycles. The van der Waals surface area contributed by atoms with Gasteiger partial charge in [-0.05, 0) is 24.5 Å². The fourth-order valence-electron chi connectivity index (χ4n) is 4.28. The van der Waals surface area contributed by atoms with Crippen molar-refractivity contribution in [2.75, 3.05) is 5.32 Å². The van der Waals surface area contributed by atoms with Gasteiger partial charge in [-0.1, -0.05) is 32.1 Å². The number of nitro benzene ring substituents is 1. The highest BCUT2D eigenvalue weighted by Gasteiger charge is 2.33. The fourth-order valence-corrected chi connectivity index (χ4v) is 5.77. The van der Waals surface area contributed by atoms with E-state index in [0.29, 0.717) is 35.1 Å². The second-order valence-corrected chi connectivity index (χ2v) is 10.1. The normalized spacial score (nSPS) is 18.1. The number of fused-ring (bicyclic) bond motifs is 1. The van der Waals surface area contributed by atoms with E-state index in [0.717, 1.165) is 19.3 Å². The predicted molar refractivity (Wildman–Crippen MR) is 111 cm³/mol. The minimum atomic E-state index is -3.28. The number of carbonyl (C=O) groups is 1. The number of nitrogens with zero attached hydrogens (tertiary/aromatic N) is 3. The molecule has 4 rings (SSSR count). The number of hydrogen-bond donors (Lipinski definition) is 1. The van der Waals surface area contributed by atoms with Crippen LogP contribution >= 0.6 is 0 Å². The van der Waals surface area contributed by atoms with Gasteiger partial charge in [-0.3, -0.25) is 14.9 Å². The summed E-state index contributed by atoms with van der Waals surface area (Å²) in [6, 6.07) is 5.78. The molecule has 1 aromatic heterocycles. The van der Waals surface area contributed by atoms with Gasteiger partial charge in [-0.25, -0.2) is 13.1 Å². The molecule has 2 heterocycles. The van der Waals surface area contributed by atoms with Crippen molar-refractivity contribution >= 4 is 27.2 Å². The van der Waals surface area contributed by atoms with Crippen molar-refractivity contribution in [1.29, 1.82) is 0 Å². The third kappa shape index (κ3) is 4.38. The van der Waals surface area contributed by atoms with Crippen molar-refractivity contribution in [2.24, 2.45) is 5.92 Å². The highest BCUT2D eigenvalue weighted by Crippen LogP contribution is 2.34. The van der Waals surface area contributed by atoms with E-state index in [1.54, 1.807) is 0 Å². The van der Waals surface area contributed by atoms with Crippen molar-refractivity contribution < 1.29 is 18.1 Å². The van der Waals surface area contributed by atoms with Crippen molar-refractivity contribution in [3.63, 3.8) is 0 Å². The summed E-state index contributed by atoms with van der Waals surface area (Å²) in [7, 11) is -3.28. The van der Waals surface area contributed by atoms with Crippen molar-refractivity contribution in [3.05, 3.63) is 45.6 Å². The van der Waals surface area contributed by atoms with E-state index in [9.17, 15) is 23.3 Å². The first-order chi connectivity index (χ1) is 14.3. The van der Waals surface area contributed by atoms with Gasteiger partial charge in [0.25, 0.3) is 5.69 Å². The number of anilines is 1. The highest BCUT2D eigenvalue weighted by molar-refractivity contribution is 7.90. The largest absolute Gasteiger partial charge is 0.310 e. The van der Waals surface area contributed by atoms with Crippen LogP contribution in [0.2, 0.25) is 0 Å². The summed E-state index contributed by atoms with van der Waals surface area (Å²) in [5.41, 5.74) is 1.38. The van der Waals surface area contributed by atoms with E-state index in [4.69, 9.17) is 0 Å². The summed E-state index contributed by atoms with van der Waals surface area (Å²) in [4.78, 5) is 23.1. The number of sulfone groups is 1. The van der Waals surface area contributed by atoms with E-state index >= 15 is 0 Å². The molecule has 0 unspecified atom stereocenters. The predicted octanol–water partition coefficient (Wildman–Crippen LogP) is 3.51. The first-order valence-corrected chi connectivity index (χ1v) is 12.0. The Hall–Kier alpha value is -2.75. The zero-order chi connectivity index (χ0) is 21.3. The third-order valence-electron chi connectivity index (χ3n) is 5.85. The molecule has 0 spiro atoms. The number of amides is 1.